The Hall–Kier alpha value is -3.11. The smallest absolute Gasteiger partial charge is 0.264 e. The lowest BCUT2D eigenvalue weighted by atomic mass is 10.0. The molecule has 0 spiro atoms. The van der Waals surface area contributed by atoms with E-state index < -0.39 is 25.9 Å². The first-order valence-electron chi connectivity index (χ1n) is 10.6. The van der Waals surface area contributed by atoms with Gasteiger partial charge in [-0.25, -0.2) is 21.2 Å². The van der Waals surface area contributed by atoms with Gasteiger partial charge in [0, 0.05) is 6.54 Å². The average Bonchev–Trinajstić information content (AvgIpc) is 2.79. The van der Waals surface area contributed by atoms with Crippen molar-refractivity contribution in [1.29, 1.82) is 0 Å². The molecule has 0 atom stereocenters. The topological polar surface area (TPSA) is 92.8 Å². The second-order valence-electron chi connectivity index (χ2n) is 8.17. The molecule has 10 heteroatoms. The van der Waals surface area contributed by atoms with Gasteiger partial charge in [0.05, 0.1) is 28.3 Å². The van der Waals surface area contributed by atoms with Crippen LogP contribution in [0, 0.1) is 19.7 Å². The number of methoxy groups -OCH3 is 1. The van der Waals surface area contributed by atoms with E-state index in [0.717, 1.165) is 17.7 Å². The highest BCUT2D eigenvalue weighted by molar-refractivity contribution is 7.93. The van der Waals surface area contributed by atoms with Crippen LogP contribution in [-0.4, -0.2) is 30.5 Å². The number of sulfonamides is 2. The molecule has 0 aromatic heterocycles. The Bertz CT molecular complexity index is 1450. The van der Waals surface area contributed by atoms with Gasteiger partial charge in [0.2, 0.25) is 0 Å². The lowest BCUT2D eigenvalue weighted by Crippen LogP contribution is -2.35. The maximum absolute atomic E-state index is 13.3. The molecule has 0 saturated carbocycles. The first-order valence-corrected chi connectivity index (χ1v) is 13.5. The van der Waals surface area contributed by atoms with Crippen LogP contribution in [0.3, 0.4) is 0 Å². The molecule has 3 aromatic carbocycles. The molecule has 7 nitrogen and oxygen atoms in total. The van der Waals surface area contributed by atoms with E-state index in [1.807, 2.05) is 0 Å². The standard InChI is InChI=1S/C24H25FN2O5S2/c1-16-14-24(17(2)13-23(16)32-3)33(28,29)26-20-9-6-18-5-4-12-27(22(18)15-20)34(30,31)21-10-7-19(25)8-11-21/h6-11,13-15,26H,4-5,12H2,1-3H3. The van der Waals surface area contributed by atoms with E-state index in [9.17, 15) is 21.2 Å². The highest BCUT2D eigenvalue weighted by atomic mass is 32.2. The molecule has 180 valence electrons. The molecule has 1 N–H and O–H groups in total. The number of hydrogen-bond donors (Lipinski definition) is 1. The van der Waals surface area contributed by atoms with Crippen LogP contribution in [0.15, 0.2) is 64.4 Å². The number of ether oxygens (including phenoxy) is 1. The van der Waals surface area contributed by atoms with E-state index in [1.165, 1.54) is 29.6 Å². The molecule has 0 saturated heterocycles. The van der Waals surface area contributed by atoms with Crippen LogP contribution in [0.25, 0.3) is 0 Å². The van der Waals surface area contributed by atoms with Gasteiger partial charge < -0.3 is 4.74 Å². The zero-order valence-electron chi connectivity index (χ0n) is 19.0. The maximum Gasteiger partial charge on any atom is 0.264 e. The summed E-state index contributed by atoms with van der Waals surface area (Å²) in [5.41, 5.74) is 2.63. The van der Waals surface area contributed by atoms with Crippen LogP contribution < -0.4 is 13.8 Å². The third kappa shape index (κ3) is 4.47. The first-order chi connectivity index (χ1) is 16.0. The number of benzene rings is 3. The Morgan fingerprint density at radius 3 is 2.32 bits per heavy atom. The molecular weight excluding hydrogens is 479 g/mol. The summed E-state index contributed by atoms with van der Waals surface area (Å²) in [6, 6.07) is 12.7. The summed E-state index contributed by atoms with van der Waals surface area (Å²) in [5, 5.41) is 0. The van der Waals surface area contributed by atoms with Crippen molar-refractivity contribution in [3.05, 3.63) is 77.1 Å². The Kier molecular flexibility index (Phi) is 6.30. The van der Waals surface area contributed by atoms with Gasteiger partial charge in [-0.15, -0.1) is 0 Å². The van der Waals surface area contributed by atoms with Crippen LogP contribution >= 0.6 is 0 Å². The largest absolute Gasteiger partial charge is 0.496 e. The van der Waals surface area contributed by atoms with Gasteiger partial charge in [0.15, 0.2) is 0 Å². The number of nitrogens with one attached hydrogen (secondary N) is 1. The third-order valence-electron chi connectivity index (χ3n) is 5.80. The van der Waals surface area contributed by atoms with Crippen molar-refractivity contribution in [3.8, 4) is 5.75 Å². The molecule has 34 heavy (non-hydrogen) atoms. The zero-order chi connectivity index (χ0) is 24.7. The molecule has 0 unspecified atom stereocenters. The normalized spacial score (nSPS) is 13.9. The number of nitrogens with zero attached hydrogens (tertiary/aromatic N) is 1. The molecule has 1 aliphatic heterocycles. The van der Waals surface area contributed by atoms with E-state index in [2.05, 4.69) is 4.72 Å². The molecule has 0 radical (unpaired) electrons. The molecular formula is C24H25FN2O5S2. The molecule has 4 rings (SSSR count). The lowest BCUT2D eigenvalue weighted by Gasteiger charge is -2.31. The van der Waals surface area contributed by atoms with E-state index in [4.69, 9.17) is 4.74 Å². The first kappa shape index (κ1) is 24.0. The van der Waals surface area contributed by atoms with Gasteiger partial charge in [-0.2, -0.15) is 0 Å². The van der Waals surface area contributed by atoms with Crippen molar-refractivity contribution in [2.75, 3.05) is 22.7 Å². The van der Waals surface area contributed by atoms with Crippen molar-refractivity contribution in [2.24, 2.45) is 0 Å². The van der Waals surface area contributed by atoms with Gasteiger partial charge in [0.25, 0.3) is 20.0 Å². The summed E-state index contributed by atoms with van der Waals surface area (Å²) in [4.78, 5) is 0.0800. The van der Waals surface area contributed by atoms with E-state index in [1.54, 1.807) is 38.1 Å². The monoisotopic (exact) mass is 504 g/mol. The number of aryl methyl sites for hydroxylation is 3. The summed E-state index contributed by atoms with van der Waals surface area (Å²) < 4.78 is 75.3. The summed E-state index contributed by atoms with van der Waals surface area (Å²) in [6.07, 6.45) is 1.28. The molecule has 0 fully saturated rings. The van der Waals surface area contributed by atoms with Gasteiger partial charge in [-0.1, -0.05) is 6.07 Å². The number of hydrogen-bond acceptors (Lipinski definition) is 5. The minimum atomic E-state index is -3.95. The minimum Gasteiger partial charge on any atom is -0.496 e. The predicted molar refractivity (Wildman–Crippen MR) is 129 cm³/mol. The summed E-state index contributed by atoms with van der Waals surface area (Å²) >= 11 is 0. The van der Waals surface area contributed by atoms with Gasteiger partial charge in [-0.05, 0) is 91.9 Å². The maximum atomic E-state index is 13.3. The fourth-order valence-corrected chi connectivity index (χ4v) is 6.97. The molecule has 3 aromatic rings. The summed E-state index contributed by atoms with van der Waals surface area (Å²) in [5.74, 6) is 0.0608. The van der Waals surface area contributed by atoms with Crippen molar-refractivity contribution >= 4 is 31.4 Å². The van der Waals surface area contributed by atoms with Crippen molar-refractivity contribution in [1.82, 2.24) is 0 Å². The summed E-state index contributed by atoms with van der Waals surface area (Å²) in [6.45, 7) is 3.68. The van der Waals surface area contributed by atoms with Crippen LogP contribution in [0.1, 0.15) is 23.1 Å². The van der Waals surface area contributed by atoms with Crippen LogP contribution in [-0.2, 0) is 26.5 Å². The van der Waals surface area contributed by atoms with Gasteiger partial charge in [0.1, 0.15) is 11.6 Å². The molecule has 0 aliphatic carbocycles. The van der Waals surface area contributed by atoms with E-state index in [0.29, 0.717) is 35.4 Å². The van der Waals surface area contributed by atoms with Crippen LogP contribution in [0.2, 0.25) is 0 Å². The van der Waals surface area contributed by atoms with Gasteiger partial charge in [-0.3, -0.25) is 9.03 Å². The number of rotatable bonds is 6. The fourth-order valence-electron chi connectivity index (χ4n) is 4.07. The number of anilines is 2. The molecule has 1 aliphatic rings. The third-order valence-corrected chi connectivity index (χ3v) is 9.15. The lowest BCUT2D eigenvalue weighted by molar-refractivity contribution is 0.411. The zero-order valence-corrected chi connectivity index (χ0v) is 20.6. The van der Waals surface area contributed by atoms with Crippen LogP contribution in [0.5, 0.6) is 5.75 Å². The Morgan fingerprint density at radius 1 is 0.941 bits per heavy atom. The van der Waals surface area contributed by atoms with Gasteiger partial charge >= 0.3 is 0 Å². The van der Waals surface area contributed by atoms with Crippen molar-refractivity contribution in [3.63, 3.8) is 0 Å². The predicted octanol–water partition coefficient (Wildman–Crippen LogP) is 4.39. The minimum absolute atomic E-state index is 0.0305. The molecule has 0 amide bonds. The Labute approximate surface area is 199 Å². The summed E-state index contributed by atoms with van der Waals surface area (Å²) in [7, 11) is -6.37. The quantitative estimate of drug-likeness (QED) is 0.537. The Morgan fingerprint density at radius 2 is 1.65 bits per heavy atom. The SMILES string of the molecule is COc1cc(C)c(S(=O)(=O)Nc2ccc3c(c2)N(S(=O)(=O)c2ccc(F)cc2)CCC3)cc1C. The van der Waals surface area contributed by atoms with Crippen LogP contribution in [0.4, 0.5) is 15.8 Å². The van der Waals surface area contributed by atoms with Crippen molar-refractivity contribution in [2.45, 2.75) is 36.5 Å². The second kappa shape index (κ2) is 8.92. The number of fused-ring (bicyclic) bond motifs is 1. The fraction of sp³-hybridized carbons (Fsp3) is 0.250. The van der Waals surface area contributed by atoms with E-state index >= 15 is 0 Å². The number of halogens is 1. The van der Waals surface area contributed by atoms with Crippen molar-refractivity contribution < 1.29 is 26.0 Å². The van der Waals surface area contributed by atoms with E-state index in [-0.39, 0.29) is 22.0 Å². The highest BCUT2D eigenvalue weighted by Crippen LogP contribution is 2.35. The second-order valence-corrected chi connectivity index (χ2v) is 11.7. The Balaban J connectivity index is 1.71. The molecule has 0 bridgehead atoms. The highest BCUT2D eigenvalue weighted by Gasteiger charge is 2.30. The molecule has 1 heterocycles. The average molecular weight is 505 g/mol.